The normalized spacial score (nSPS) is 15.8. The minimum atomic E-state index is -0.268. The first-order valence-corrected chi connectivity index (χ1v) is 7.88. The van der Waals surface area contributed by atoms with Crippen LogP contribution in [0.3, 0.4) is 0 Å². The van der Waals surface area contributed by atoms with Gasteiger partial charge in [-0.1, -0.05) is 11.6 Å². The van der Waals surface area contributed by atoms with Crippen LogP contribution in [0.1, 0.15) is 24.0 Å². The van der Waals surface area contributed by atoms with Gasteiger partial charge >= 0.3 is 0 Å². The maximum absolute atomic E-state index is 12.4. The number of nitrogens with zero attached hydrogens (tertiary/aromatic N) is 4. The van der Waals surface area contributed by atoms with Crippen LogP contribution < -0.4 is 5.32 Å². The number of carbonyl (C=O) groups excluding carboxylic acids is 1. The first-order chi connectivity index (χ1) is 11.0. The van der Waals surface area contributed by atoms with E-state index in [2.05, 4.69) is 25.2 Å². The number of aryl methyl sites for hydroxylation is 1. The second kappa shape index (κ2) is 6.60. The molecule has 6 nitrogen and oxygen atoms in total. The van der Waals surface area contributed by atoms with E-state index >= 15 is 0 Å². The van der Waals surface area contributed by atoms with Crippen molar-refractivity contribution in [2.75, 3.05) is 11.9 Å². The monoisotopic (exact) mass is 331 g/mol. The highest BCUT2D eigenvalue weighted by molar-refractivity contribution is 6.30. The fourth-order valence-electron chi connectivity index (χ4n) is 2.60. The number of anilines is 1. The molecule has 1 aliphatic heterocycles. The zero-order valence-electron chi connectivity index (χ0n) is 13.1. The van der Waals surface area contributed by atoms with Gasteiger partial charge in [-0.2, -0.15) is 0 Å². The van der Waals surface area contributed by atoms with Crippen LogP contribution in [0.2, 0.25) is 5.02 Å². The molecule has 3 rings (SSSR count). The Bertz CT molecular complexity index is 719. The van der Waals surface area contributed by atoms with E-state index in [0.29, 0.717) is 17.4 Å². The number of hydrogen-bond acceptors (Lipinski definition) is 5. The zero-order valence-corrected chi connectivity index (χ0v) is 13.8. The minimum absolute atomic E-state index is 0.0888. The van der Waals surface area contributed by atoms with Gasteiger partial charge in [-0.3, -0.25) is 9.69 Å². The van der Waals surface area contributed by atoms with Crippen LogP contribution in [0.15, 0.2) is 24.5 Å². The Morgan fingerprint density at radius 3 is 2.91 bits per heavy atom. The molecule has 0 bridgehead atoms. The summed E-state index contributed by atoms with van der Waals surface area (Å²) in [6.45, 7) is 5.23. The summed E-state index contributed by atoms with van der Waals surface area (Å²) in [5.74, 6) is 1.17. The Labute approximate surface area is 139 Å². The largest absolute Gasteiger partial charge is 0.309 e. The van der Waals surface area contributed by atoms with E-state index in [1.165, 1.54) is 11.8 Å². The molecule has 0 aliphatic carbocycles. The molecular formula is C16H18ClN5O. The molecule has 1 aliphatic rings. The van der Waals surface area contributed by atoms with E-state index in [-0.39, 0.29) is 11.9 Å². The number of amides is 1. The van der Waals surface area contributed by atoms with E-state index in [0.717, 1.165) is 24.5 Å². The van der Waals surface area contributed by atoms with Gasteiger partial charge in [0.2, 0.25) is 5.91 Å². The molecule has 0 saturated carbocycles. The average molecular weight is 332 g/mol. The van der Waals surface area contributed by atoms with E-state index in [4.69, 9.17) is 11.6 Å². The summed E-state index contributed by atoms with van der Waals surface area (Å²) in [7, 11) is 0. The molecule has 1 amide bonds. The Morgan fingerprint density at radius 2 is 2.17 bits per heavy atom. The fraction of sp³-hybridized carbons (Fsp3) is 0.375. The molecule has 0 aromatic carbocycles. The van der Waals surface area contributed by atoms with Crippen LogP contribution in [0.4, 0.5) is 5.82 Å². The number of hydrogen-bond donors (Lipinski definition) is 1. The summed E-state index contributed by atoms with van der Waals surface area (Å²) in [4.78, 5) is 27.3. The molecule has 0 spiro atoms. The molecule has 0 unspecified atom stereocenters. The molecule has 23 heavy (non-hydrogen) atoms. The van der Waals surface area contributed by atoms with Crippen LogP contribution in [0, 0.1) is 6.92 Å². The van der Waals surface area contributed by atoms with Crippen molar-refractivity contribution in [3.05, 3.63) is 46.6 Å². The quantitative estimate of drug-likeness (QED) is 0.933. The van der Waals surface area contributed by atoms with Crippen molar-refractivity contribution in [3.8, 4) is 0 Å². The highest BCUT2D eigenvalue weighted by Gasteiger charge is 2.26. The van der Waals surface area contributed by atoms with E-state index < -0.39 is 0 Å². The van der Waals surface area contributed by atoms with Gasteiger partial charge in [0.1, 0.15) is 11.6 Å². The van der Waals surface area contributed by atoms with Crippen molar-refractivity contribution in [3.63, 3.8) is 0 Å². The summed E-state index contributed by atoms with van der Waals surface area (Å²) in [5.41, 5.74) is 2.17. The third-order valence-electron chi connectivity index (χ3n) is 4.00. The number of pyridine rings is 1. The van der Waals surface area contributed by atoms with Crippen molar-refractivity contribution in [1.82, 2.24) is 19.9 Å². The van der Waals surface area contributed by atoms with Gasteiger partial charge in [0.05, 0.1) is 16.8 Å². The van der Waals surface area contributed by atoms with Gasteiger partial charge in [-0.25, -0.2) is 15.0 Å². The van der Waals surface area contributed by atoms with Crippen LogP contribution in [0.5, 0.6) is 0 Å². The number of rotatable bonds is 3. The SMILES string of the molecule is Cc1ncc2c(n1)CN([C@@H](C)C(=O)Nc1ccc(Cl)cn1)CC2. The Kier molecular flexibility index (Phi) is 4.54. The predicted octanol–water partition coefficient (Wildman–Crippen LogP) is 2.22. The number of halogens is 1. The maximum Gasteiger partial charge on any atom is 0.242 e. The van der Waals surface area contributed by atoms with Crippen LogP contribution in [0.25, 0.3) is 0 Å². The lowest BCUT2D eigenvalue weighted by Crippen LogP contribution is -2.45. The van der Waals surface area contributed by atoms with Gasteiger partial charge in [0, 0.05) is 25.5 Å². The van der Waals surface area contributed by atoms with Gasteiger partial charge in [-0.05, 0) is 38.0 Å². The molecule has 120 valence electrons. The highest BCUT2D eigenvalue weighted by atomic mass is 35.5. The summed E-state index contributed by atoms with van der Waals surface area (Å²) in [5, 5.41) is 3.36. The smallest absolute Gasteiger partial charge is 0.242 e. The lowest BCUT2D eigenvalue weighted by molar-refractivity contribution is -0.121. The van der Waals surface area contributed by atoms with Crippen molar-refractivity contribution in [2.24, 2.45) is 0 Å². The molecule has 1 atom stereocenters. The van der Waals surface area contributed by atoms with E-state index in [1.54, 1.807) is 12.1 Å². The Morgan fingerprint density at radius 1 is 1.35 bits per heavy atom. The van der Waals surface area contributed by atoms with Gasteiger partial charge in [-0.15, -0.1) is 0 Å². The second-order valence-corrected chi connectivity index (χ2v) is 6.07. The lowest BCUT2D eigenvalue weighted by Gasteiger charge is -2.32. The molecule has 1 N–H and O–H groups in total. The van der Waals surface area contributed by atoms with Gasteiger partial charge in [0.15, 0.2) is 0 Å². The zero-order chi connectivity index (χ0) is 16.4. The van der Waals surface area contributed by atoms with Crippen molar-refractivity contribution in [2.45, 2.75) is 32.9 Å². The number of nitrogens with one attached hydrogen (secondary N) is 1. The average Bonchev–Trinajstić information content (AvgIpc) is 2.55. The third kappa shape index (κ3) is 3.65. The predicted molar refractivity (Wildman–Crippen MR) is 88.2 cm³/mol. The van der Waals surface area contributed by atoms with Crippen LogP contribution >= 0.6 is 11.6 Å². The number of aromatic nitrogens is 3. The molecule has 0 saturated heterocycles. The van der Waals surface area contributed by atoms with Gasteiger partial charge in [0.25, 0.3) is 0 Å². The van der Waals surface area contributed by atoms with Crippen LogP contribution in [-0.4, -0.2) is 38.3 Å². The number of fused-ring (bicyclic) bond motifs is 1. The van der Waals surface area contributed by atoms with Crippen molar-refractivity contribution >= 4 is 23.3 Å². The summed E-state index contributed by atoms with van der Waals surface area (Å²) in [6.07, 6.45) is 4.25. The first kappa shape index (κ1) is 15.8. The molecule has 0 radical (unpaired) electrons. The van der Waals surface area contributed by atoms with Gasteiger partial charge < -0.3 is 5.32 Å². The molecule has 2 aromatic heterocycles. The standard InChI is InChI=1S/C16H18ClN5O/c1-10(16(23)21-15-4-3-13(17)8-19-15)22-6-5-12-7-18-11(2)20-14(12)9-22/h3-4,7-8,10H,5-6,9H2,1-2H3,(H,19,21,23)/t10-/m0/s1. The Balaban J connectivity index is 1.67. The van der Waals surface area contributed by atoms with Crippen LogP contribution in [-0.2, 0) is 17.8 Å². The topological polar surface area (TPSA) is 71.0 Å². The molecule has 3 heterocycles. The second-order valence-electron chi connectivity index (χ2n) is 5.64. The number of carbonyl (C=O) groups is 1. The first-order valence-electron chi connectivity index (χ1n) is 7.51. The van der Waals surface area contributed by atoms with Crippen molar-refractivity contribution < 1.29 is 4.79 Å². The van der Waals surface area contributed by atoms with E-state index in [9.17, 15) is 4.79 Å². The molecule has 7 heteroatoms. The van der Waals surface area contributed by atoms with E-state index in [1.807, 2.05) is 20.0 Å². The highest BCUT2D eigenvalue weighted by Crippen LogP contribution is 2.19. The summed E-state index contributed by atoms with van der Waals surface area (Å²) < 4.78 is 0. The maximum atomic E-state index is 12.4. The molecular weight excluding hydrogens is 314 g/mol. The molecule has 0 fully saturated rings. The minimum Gasteiger partial charge on any atom is -0.309 e. The fourth-order valence-corrected chi connectivity index (χ4v) is 2.71. The Hall–Kier alpha value is -2.05. The molecule has 2 aromatic rings. The van der Waals surface area contributed by atoms with Crippen molar-refractivity contribution in [1.29, 1.82) is 0 Å². The third-order valence-corrected chi connectivity index (χ3v) is 4.23. The lowest BCUT2D eigenvalue weighted by atomic mass is 10.0. The summed E-state index contributed by atoms with van der Waals surface area (Å²) in [6, 6.07) is 3.12. The summed E-state index contributed by atoms with van der Waals surface area (Å²) >= 11 is 5.80.